The van der Waals surface area contributed by atoms with E-state index in [1.165, 1.54) is 47.3 Å². The highest BCUT2D eigenvalue weighted by Crippen LogP contribution is 2.36. The highest BCUT2D eigenvalue weighted by Gasteiger charge is 2.26. The first-order valence-electron chi connectivity index (χ1n) is 7.91. The second-order valence-corrected chi connectivity index (χ2v) is 7.11. The molecule has 108 valence electrons. The predicted octanol–water partition coefficient (Wildman–Crippen LogP) is 4.64. The number of aryl methyl sites for hydroxylation is 1. The summed E-state index contributed by atoms with van der Waals surface area (Å²) in [5.74, 6) is 2.35. The summed E-state index contributed by atoms with van der Waals surface area (Å²) in [6.07, 6.45) is 3.81. The molecule has 1 aliphatic carbocycles. The van der Waals surface area contributed by atoms with Crippen LogP contribution in [-0.2, 0) is 12.2 Å². The number of thioether (sulfide) groups is 1. The molecule has 0 saturated heterocycles. The summed E-state index contributed by atoms with van der Waals surface area (Å²) in [4.78, 5) is 0. The molecule has 0 amide bonds. The molecule has 1 heterocycles. The molecule has 0 spiro atoms. The molecule has 0 saturated carbocycles. The van der Waals surface area contributed by atoms with E-state index in [-0.39, 0.29) is 0 Å². The van der Waals surface area contributed by atoms with Gasteiger partial charge in [-0.05, 0) is 41.5 Å². The van der Waals surface area contributed by atoms with Crippen LogP contribution in [0.1, 0.15) is 47.2 Å². The summed E-state index contributed by atoms with van der Waals surface area (Å²) < 4.78 is 0. The zero-order chi connectivity index (χ0) is 14.1. The maximum absolute atomic E-state index is 3.95. The second-order valence-electron chi connectivity index (χ2n) is 6.08. The Kier molecular flexibility index (Phi) is 3.74. The van der Waals surface area contributed by atoms with Crippen molar-refractivity contribution in [1.82, 2.24) is 5.32 Å². The van der Waals surface area contributed by atoms with Crippen molar-refractivity contribution in [3.63, 3.8) is 0 Å². The van der Waals surface area contributed by atoms with Gasteiger partial charge in [-0.3, -0.25) is 0 Å². The summed E-state index contributed by atoms with van der Waals surface area (Å²) in [7, 11) is 0. The molecular weight excluding hydrogens is 274 g/mol. The standard InChI is InChI=1S/C19H21NS/c1-3-9-16-14(6-1)8-5-11-18(16)20-19-13-21-12-15-7-2-4-10-17(15)19/h1-4,6-7,9-10,18-20H,5,8,11-13H2. The van der Waals surface area contributed by atoms with Crippen LogP contribution in [0.3, 0.4) is 0 Å². The minimum atomic E-state index is 0.496. The highest BCUT2D eigenvalue weighted by atomic mass is 32.2. The third-order valence-corrected chi connectivity index (χ3v) is 5.83. The molecule has 0 aromatic heterocycles. The number of benzene rings is 2. The average molecular weight is 295 g/mol. The summed E-state index contributed by atoms with van der Waals surface area (Å²) in [6.45, 7) is 0. The van der Waals surface area contributed by atoms with E-state index in [4.69, 9.17) is 0 Å². The Bertz CT molecular complexity index is 581. The highest BCUT2D eigenvalue weighted by molar-refractivity contribution is 7.98. The molecule has 21 heavy (non-hydrogen) atoms. The number of hydrogen-bond acceptors (Lipinski definition) is 2. The Labute approximate surface area is 131 Å². The van der Waals surface area contributed by atoms with Crippen LogP contribution in [0, 0.1) is 0 Å². The first kappa shape index (κ1) is 13.4. The van der Waals surface area contributed by atoms with Crippen molar-refractivity contribution in [3.05, 3.63) is 70.8 Å². The van der Waals surface area contributed by atoms with Crippen molar-refractivity contribution in [2.45, 2.75) is 37.1 Å². The summed E-state index contributed by atoms with van der Waals surface area (Å²) >= 11 is 2.05. The molecule has 0 bridgehead atoms. The molecule has 2 heteroatoms. The second kappa shape index (κ2) is 5.86. The van der Waals surface area contributed by atoms with Gasteiger partial charge in [-0.2, -0.15) is 11.8 Å². The monoisotopic (exact) mass is 295 g/mol. The van der Waals surface area contributed by atoms with Crippen molar-refractivity contribution in [3.8, 4) is 0 Å². The van der Waals surface area contributed by atoms with Gasteiger partial charge in [0.15, 0.2) is 0 Å². The lowest BCUT2D eigenvalue weighted by Gasteiger charge is -2.33. The van der Waals surface area contributed by atoms with E-state index in [1.807, 2.05) is 0 Å². The normalized spacial score (nSPS) is 24.2. The fourth-order valence-electron chi connectivity index (χ4n) is 3.69. The average Bonchev–Trinajstić information content (AvgIpc) is 2.56. The lowest BCUT2D eigenvalue weighted by Crippen LogP contribution is -2.32. The maximum Gasteiger partial charge on any atom is 0.0419 e. The van der Waals surface area contributed by atoms with Crippen molar-refractivity contribution in [2.75, 3.05) is 5.75 Å². The molecular formula is C19H21NS. The van der Waals surface area contributed by atoms with Crippen LogP contribution in [0.2, 0.25) is 0 Å². The van der Waals surface area contributed by atoms with Crippen LogP contribution in [-0.4, -0.2) is 5.75 Å². The number of fused-ring (bicyclic) bond motifs is 2. The molecule has 1 aliphatic heterocycles. The fraction of sp³-hybridized carbons (Fsp3) is 0.368. The van der Waals surface area contributed by atoms with Gasteiger partial charge in [-0.1, -0.05) is 48.5 Å². The Morgan fingerprint density at radius 1 is 0.857 bits per heavy atom. The van der Waals surface area contributed by atoms with Crippen LogP contribution >= 0.6 is 11.8 Å². The number of rotatable bonds is 2. The van der Waals surface area contributed by atoms with Gasteiger partial charge >= 0.3 is 0 Å². The van der Waals surface area contributed by atoms with Crippen LogP contribution in [0.4, 0.5) is 0 Å². The van der Waals surface area contributed by atoms with E-state index in [0.717, 1.165) is 5.75 Å². The summed E-state index contributed by atoms with van der Waals surface area (Å²) in [6, 6.07) is 18.9. The van der Waals surface area contributed by atoms with E-state index in [1.54, 1.807) is 0 Å². The third-order valence-electron chi connectivity index (χ3n) is 4.74. The Morgan fingerprint density at radius 3 is 2.43 bits per heavy atom. The lowest BCUT2D eigenvalue weighted by molar-refractivity contribution is 0.416. The van der Waals surface area contributed by atoms with Gasteiger partial charge in [0, 0.05) is 23.6 Å². The molecule has 0 radical (unpaired) electrons. The molecule has 2 aliphatic rings. The SMILES string of the molecule is c1ccc2c(c1)CCCC2NC1CSCc2ccccc21. The van der Waals surface area contributed by atoms with Crippen molar-refractivity contribution >= 4 is 11.8 Å². The van der Waals surface area contributed by atoms with Gasteiger partial charge in [0.2, 0.25) is 0 Å². The van der Waals surface area contributed by atoms with E-state index < -0.39 is 0 Å². The molecule has 1 nitrogen and oxygen atoms in total. The van der Waals surface area contributed by atoms with E-state index >= 15 is 0 Å². The molecule has 2 unspecified atom stereocenters. The van der Waals surface area contributed by atoms with Gasteiger partial charge < -0.3 is 5.32 Å². The lowest BCUT2D eigenvalue weighted by atomic mass is 9.87. The van der Waals surface area contributed by atoms with Crippen LogP contribution in [0.15, 0.2) is 48.5 Å². The molecule has 2 atom stereocenters. The predicted molar refractivity (Wildman–Crippen MR) is 90.6 cm³/mol. The molecule has 0 fully saturated rings. The van der Waals surface area contributed by atoms with Crippen molar-refractivity contribution < 1.29 is 0 Å². The molecule has 1 N–H and O–H groups in total. The van der Waals surface area contributed by atoms with Gasteiger partial charge in [0.1, 0.15) is 0 Å². The minimum Gasteiger partial charge on any atom is -0.302 e. The zero-order valence-electron chi connectivity index (χ0n) is 12.2. The minimum absolute atomic E-state index is 0.496. The maximum atomic E-state index is 3.95. The largest absolute Gasteiger partial charge is 0.302 e. The van der Waals surface area contributed by atoms with Crippen molar-refractivity contribution in [1.29, 1.82) is 0 Å². The smallest absolute Gasteiger partial charge is 0.0419 e. The topological polar surface area (TPSA) is 12.0 Å². The number of hydrogen-bond donors (Lipinski definition) is 1. The Morgan fingerprint density at radius 2 is 1.57 bits per heavy atom. The van der Waals surface area contributed by atoms with E-state index in [0.29, 0.717) is 12.1 Å². The zero-order valence-corrected chi connectivity index (χ0v) is 13.0. The molecule has 2 aromatic carbocycles. The van der Waals surface area contributed by atoms with E-state index in [9.17, 15) is 0 Å². The first-order chi connectivity index (χ1) is 10.4. The molecule has 2 aromatic rings. The third kappa shape index (κ3) is 2.63. The number of nitrogens with one attached hydrogen (secondary N) is 1. The summed E-state index contributed by atoms with van der Waals surface area (Å²) in [5, 5.41) is 3.95. The van der Waals surface area contributed by atoms with E-state index in [2.05, 4.69) is 65.6 Å². The first-order valence-corrected chi connectivity index (χ1v) is 9.07. The van der Waals surface area contributed by atoms with Gasteiger partial charge in [-0.25, -0.2) is 0 Å². The molecule has 4 rings (SSSR count). The van der Waals surface area contributed by atoms with Crippen LogP contribution in [0.5, 0.6) is 0 Å². The fourth-order valence-corrected chi connectivity index (χ4v) is 4.80. The Hall–Kier alpha value is -1.25. The summed E-state index contributed by atoms with van der Waals surface area (Å²) in [5.41, 5.74) is 6.09. The van der Waals surface area contributed by atoms with Crippen LogP contribution < -0.4 is 5.32 Å². The van der Waals surface area contributed by atoms with Gasteiger partial charge in [-0.15, -0.1) is 0 Å². The van der Waals surface area contributed by atoms with Crippen molar-refractivity contribution in [2.24, 2.45) is 0 Å². The quantitative estimate of drug-likeness (QED) is 0.866. The van der Waals surface area contributed by atoms with Crippen LogP contribution in [0.25, 0.3) is 0 Å². The van der Waals surface area contributed by atoms with Gasteiger partial charge in [0.05, 0.1) is 0 Å². The Balaban J connectivity index is 1.61. The van der Waals surface area contributed by atoms with Gasteiger partial charge in [0.25, 0.3) is 0 Å².